The van der Waals surface area contributed by atoms with Crippen molar-refractivity contribution in [3.05, 3.63) is 45.8 Å². The average Bonchev–Trinajstić information content (AvgIpc) is 3.22. The van der Waals surface area contributed by atoms with Crippen LogP contribution in [0.5, 0.6) is 0 Å². The van der Waals surface area contributed by atoms with Gasteiger partial charge < -0.3 is 10.6 Å². The number of carbonyl (C=O) groups excluding carboxylic acids is 2. The second-order valence-electron chi connectivity index (χ2n) is 6.15. The molecule has 2 N–H and O–H groups in total. The van der Waals surface area contributed by atoms with Crippen LogP contribution in [-0.2, 0) is 9.59 Å². The third kappa shape index (κ3) is 4.20. The predicted molar refractivity (Wildman–Crippen MR) is 95.1 cm³/mol. The Balaban J connectivity index is 1.39. The van der Waals surface area contributed by atoms with Crippen molar-refractivity contribution in [1.82, 2.24) is 10.3 Å². The minimum atomic E-state index is -0.144. The number of hydrogen-bond donors (Lipinski definition) is 2. The molecular formula is C18H21N3O2S. The van der Waals surface area contributed by atoms with E-state index in [2.05, 4.69) is 34.7 Å². The van der Waals surface area contributed by atoms with Gasteiger partial charge in [0, 0.05) is 40.2 Å². The lowest BCUT2D eigenvalue weighted by molar-refractivity contribution is -0.122. The van der Waals surface area contributed by atoms with Crippen molar-refractivity contribution in [2.45, 2.75) is 32.6 Å². The first-order valence-corrected chi connectivity index (χ1v) is 8.92. The van der Waals surface area contributed by atoms with E-state index in [1.54, 1.807) is 17.4 Å². The number of aromatic nitrogens is 1. The Labute approximate surface area is 145 Å². The fourth-order valence-corrected chi connectivity index (χ4v) is 3.76. The normalized spacial score (nSPS) is 18.9. The van der Waals surface area contributed by atoms with Crippen molar-refractivity contribution in [2.24, 2.45) is 5.92 Å². The average molecular weight is 343 g/mol. The van der Waals surface area contributed by atoms with Crippen LogP contribution >= 0.6 is 11.3 Å². The van der Waals surface area contributed by atoms with E-state index < -0.39 is 0 Å². The summed E-state index contributed by atoms with van der Waals surface area (Å²) in [5, 5.41) is 5.60. The molecule has 3 rings (SSSR count). The molecule has 0 radical (unpaired) electrons. The van der Waals surface area contributed by atoms with Crippen LogP contribution in [0.25, 0.3) is 0 Å². The van der Waals surface area contributed by atoms with Gasteiger partial charge in [-0.2, -0.15) is 0 Å². The summed E-state index contributed by atoms with van der Waals surface area (Å²) in [4.78, 5) is 30.8. The second-order valence-corrected chi connectivity index (χ2v) is 7.47. The summed E-state index contributed by atoms with van der Waals surface area (Å²) in [5.74, 6) is 0.863. The van der Waals surface area contributed by atoms with Crippen LogP contribution in [0.1, 0.15) is 34.2 Å². The molecule has 126 valence electrons. The molecule has 0 bridgehead atoms. The molecule has 2 amide bonds. The van der Waals surface area contributed by atoms with Gasteiger partial charge in [0.1, 0.15) is 5.82 Å². The smallest absolute Gasteiger partial charge is 0.227 e. The minimum absolute atomic E-state index is 0.0486. The molecule has 0 aromatic carbocycles. The third-order valence-corrected chi connectivity index (χ3v) is 5.19. The molecule has 0 spiro atoms. The number of nitrogens with one attached hydrogen (secondary N) is 2. The molecule has 1 aliphatic carbocycles. The Kier molecular flexibility index (Phi) is 4.94. The number of carbonyl (C=O) groups is 2. The molecule has 0 unspecified atom stereocenters. The number of amides is 2. The number of pyridine rings is 1. The van der Waals surface area contributed by atoms with Gasteiger partial charge in [-0.05, 0) is 44.5 Å². The number of nitrogens with zero attached hydrogens (tertiary/aromatic N) is 1. The third-order valence-electron chi connectivity index (χ3n) is 4.06. The Morgan fingerprint density at radius 1 is 1.25 bits per heavy atom. The van der Waals surface area contributed by atoms with Gasteiger partial charge in [0.25, 0.3) is 0 Å². The van der Waals surface area contributed by atoms with E-state index >= 15 is 0 Å². The van der Waals surface area contributed by atoms with Gasteiger partial charge >= 0.3 is 0 Å². The van der Waals surface area contributed by atoms with E-state index in [1.165, 1.54) is 9.75 Å². The fraction of sp³-hybridized carbons (Fsp3) is 0.389. The Bertz CT molecular complexity index is 756. The molecule has 2 atom stereocenters. The molecule has 1 aliphatic rings. The highest BCUT2D eigenvalue weighted by Gasteiger charge is 2.44. The number of thiophene rings is 1. The summed E-state index contributed by atoms with van der Waals surface area (Å²) in [7, 11) is 0. The Hall–Kier alpha value is -2.21. The maximum Gasteiger partial charge on any atom is 0.227 e. The lowest BCUT2D eigenvalue weighted by Crippen LogP contribution is -2.29. The summed E-state index contributed by atoms with van der Waals surface area (Å²) in [5.41, 5.74) is 0.852. The SMILES string of the molecule is Cc1cccc(NC(=O)CCNC(=O)[C@H]2C[C@H]2c2ccc(C)s2)n1. The number of hydrogen-bond acceptors (Lipinski definition) is 4. The van der Waals surface area contributed by atoms with Crippen molar-refractivity contribution in [3.63, 3.8) is 0 Å². The lowest BCUT2D eigenvalue weighted by Gasteiger charge is -2.06. The van der Waals surface area contributed by atoms with E-state index in [1.807, 2.05) is 19.1 Å². The van der Waals surface area contributed by atoms with Crippen molar-refractivity contribution in [3.8, 4) is 0 Å². The Morgan fingerprint density at radius 3 is 2.79 bits per heavy atom. The maximum atomic E-state index is 12.1. The summed E-state index contributed by atoms with van der Waals surface area (Å²) < 4.78 is 0. The lowest BCUT2D eigenvalue weighted by atomic mass is 10.2. The molecule has 2 aromatic heterocycles. The standard InChI is InChI=1S/C18H21N3O2S/c1-11-4-3-5-16(20-11)21-17(22)8-9-19-18(23)14-10-13(14)15-7-6-12(2)24-15/h3-7,13-14H,8-10H2,1-2H3,(H,19,23)(H,20,21,22)/t13-,14+/m1/s1. The first-order chi connectivity index (χ1) is 11.5. The van der Waals surface area contributed by atoms with Crippen LogP contribution in [0.15, 0.2) is 30.3 Å². The summed E-state index contributed by atoms with van der Waals surface area (Å²) in [6.45, 7) is 4.30. The molecular weight excluding hydrogens is 322 g/mol. The highest BCUT2D eigenvalue weighted by atomic mass is 32.1. The van der Waals surface area contributed by atoms with Crippen molar-refractivity contribution in [2.75, 3.05) is 11.9 Å². The summed E-state index contributed by atoms with van der Waals surface area (Å²) in [6, 6.07) is 9.68. The Morgan fingerprint density at radius 2 is 2.08 bits per heavy atom. The predicted octanol–water partition coefficient (Wildman–Crippen LogP) is 3.01. The molecule has 2 aromatic rings. The maximum absolute atomic E-state index is 12.1. The van der Waals surface area contributed by atoms with E-state index in [4.69, 9.17) is 0 Å². The van der Waals surface area contributed by atoms with Gasteiger partial charge in [0.2, 0.25) is 11.8 Å². The molecule has 5 nitrogen and oxygen atoms in total. The van der Waals surface area contributed by atoms with Gasteiger partial charge in [-0.25, -0.2) is 4.98 Å². The zero-order valence-corrected chi connectivity index (χ0v) is 14.7. The van der Waals surface area contributed by atoms with E-state index in [0.717, 1.165) is 12.1 Å². The van der Waals surface area contributed by atoms with E-state index in [-0.39, 0.29) is 24.2 Å². The monoisotopic (exact) mass is 343 g/mol. The van der Waals surface area contributed by atoms with Gasteiger partial charge in [-0.3, -0.25) is 9.59 Å². The molecule has 1 fully saturated rings. The highest BCUT2D eigenvalue weighted by Crippen LogP contribution is 2.49. The number of aryl methyl sites for hydroxylation is 2. The zero-order chi connectivity index (χ0) is 17.1. The quantitative estimate of drug-likeness (QED) is 0.847. The van der Waals surface area contributed by atoms with Gasteiger partial charge in [-0.15, -0.1) is 11.3 Å². The molecule has 6 heteroatoms. The van der Waals surface area contributed by atoms with E-state index in [9.17, 15) is 9.59 Å². The second kappa shape index (κ2) is 7.13. The summed E-state index contributed by atoms with van der Waals surface area (Å²) >= 11 is 1.76. The topological polar surface area (TPSA) is 71.1 Å². The van der Waals surface area contributed by atoms with Crippen molar-refractivity contribution in [1.29, 1.82) is 0 Å². The summed E-state index contributed by atoms with van der Waals surface area (Å²) in [6.07, 6.45) is 1.15. The molecule has 1 saturated carbocycles. The number of anilines is 1. The first kappa shape index (κ1) is 16.6. The fourth-order valence-electron chi connectivity index (χ4n) is 2.70. The van der Waals surface area contributed by atoms with Crippen LogP contribution in [0, 0.1) is 19.8 Å². The van der Waals surface area contributed by atoms with Gasteiger partial charge in [-0.1, -0.05) is 6.07 Å². The molecule has 0 aliphatic heterocycles. The van der Waals surface area contributed by atoms with Crippen molar-refractivity contribution >= 4 is 29.0 Å². The largest absolute Gasteiger partial charge is 0.355 e. The molecule has 2 heterocycles. The highest BCUT2D eigenvalue weighted by molar-refractivity contribution is 7.12. The zero-order valence-electron chi connectivity index (χ0n) is 13.8. The molecule has 24 heavy (non-hydrogen) atoms. The van der Waals surface area contributed by atoms with E-state index in [0.29, 0.717) is 18.3 Å². The van der Waals surface area contributed by atoms with Crippen molar-refractivity contribution < 1.29 is 9.59 Å². The minimum Gasteiger partial charge on any atom is -0.355 e. The van der Waals surface area contributed by atoms with Crippen LogP contribution in [0.2, 0.25) is 0 Å². The molecule has 0 saturated heterocycles. The van der Waals surface area contributed by atoms with Crippen LogP contribution < -0.4 is 10.6 Å². The van der Waals surface area contributed by atoms with Gasteiger partial charge in [0.15, 0.2) is 0 Å². The van der Waals surface area contributed by atoms with Crippen LogP contribution in [0.4, 0.5) is 5.82 Å². The van der Waals surface area contributed by atoms with Crippen LogP contribution in [-0.4, -0.2) is 23.3 Å². The van der Waals surface area contributed by atoms with Crippen LogP contribution in [0.3, 0.4) is 0 Å². The van der Waals surface area contributed by atoms with Gasteiger partial charge in [0.05, 0.1) is 0 Å². The number of rotatable bonds is 6. The first-order valence-electron chi connectivity index (χ1n) is 8.10.